The van der Waals surface area contributed by atoms with Gasteiger partial charge < -0.3 is 19.9 Å². The highest BCUT2D eigenvalue weighted by Gasteiger charge is 2.24. The number of thiazole rings is 1. The van der Waals surface area contributed by atoms with Crippen LogP contribution in [0.2, 0.25) is 0 Å². The first-order chi connectivity index (χ1) is 11.3. The van der Waals surface area contributed by atoms with Gasteiger partial charge in [0.2, 0.25) is 6.79 Å². The monoisotopic (exact) mass is 332 g/mol. The van der Waals surface area contributed by atoms with Crippen LogP contribution in [0.4, 0.5) is 0 Å². The first-order valence-electron chi connectivity index (χ1n) is 8.03. The standard InChI is InChI=1S/C17H20N2O3S/c20-14-3-1-2-12(14)7-18-8-13-9-23-17(19-13)11-4-5-15-16(6-11)22-10-21-15/h4-6,9,12,14,18,20H,1-3,7-8,10H2. The summed E-state index contributed by atoms with van der Waals surface area (Å²) in [5, 5.41) is 16.3. The van der Waals surface area contributed by atoms with Gasteiger partial charge in [0.25, 0.3) is 0 Å². The van der Waals surface area contributed by atoms with E-state index in [9.17, 15) is 5.11 Å². The first-order valence-corrected chi connectivity index (χ1v) is 8.91. The van der Waals surface area contributed by atoms with Crippen LogP contribution in [0.15, 0.2) is 23.6 Å². The summed E-state index contributed by atoms with van der Waals surface area (Å²) < 4.78 is 10.8. The van der Waals surface area contributed by atoms with E-state index in [4.69, 9.17) is 9.47 Å². The molecule has 2 N–H and O–H groups in total. The molecule has 1 aliphatic heterocycles. The Morgan fingerprint density at radius 2 is 2.17 bits per heavy atom. The molecule has 2 aliphatic rings. The fourth-order valence-electron chi connectivity index (χ4n) is 3.19. The lowest BCUT2D eigenvalue weighted by Crippen LogP contribution is -2.27. The van der Waals surface area contributed by atoms with Gasteiger partial charge in [-0.1, -0.05) is 6.42 Å². The number of aliphatic hydroxyl groups is 1. The molecular weight excluding hydrogens is 312 g/mol. The molecule has 1 aromatic heterocycles. The van der Waals surface area contributed by atoms with Crippen LogP contribution in [0.3, 0.4) is 0 Å². The zero-order valence-corrected chi connectivity index (χ0v) is 13.6. The van der Waals surface area contributed by atoms with E-state index in [1.54, 1.807) is 11.3 Å². The Morgan fingerprint density at radius 3 is 3.04 bits per heavy atom. The average molecular weight is 332 g/mol. The second kappa shape index (κ2) is 6.47. The number of hydrogen-bond donors (Lipinski definition) is 2. The minimum Gasteiger partial charge on any atom is -0.454 e. The molecule has 0 bridgehead atoms. The van der Waals surface area contributed by atoms with Crippen LogP contribution in [0.5, 0.6) is 11.5 Å². The molecule has 6 heteroatoms. The van der Waals surface area contributed by atoms with Crippen molar-refractivity contribution in [2.45, 2.75) is 31.9 Å². The van der Waals surface area contributed by atoms with E-state index >= 15 is 0 Å². The van der Waals surface area contributed by atoms with Crippen LogP contribution in [-0.2, 0) is 6.54 Å². The van der Waals surface area contributed by atoms with E-state index < -0.39 is 0 Å². The van der Waals surface area contributed by atoms with Crippen LogP contribution >= 0.6 is 11.3 Å². The zero-order chi connectivity index (χ0) is 15.6. The maximum absolute atomic E-state index is 9.84. The highest BCUT2D eigenvalue weighted by molar-refractivity contribution is 7.13. The molecule has 1 saturated carbocycles. The summed E-state index contributed by atoms with van der Waals surface area (Å²) in [7, 11) is 0. The van der Waals surface area contributed by atoms with Gasteiger partial charge in [-0.05, 0) is 37.0 Å². The molecule has 0 saturated heterocycles. The Morgan fingerprint density at radius 1 is 1.26 bits per heavy atom. The van der Waals surface area contributed by atoms with Gasteiger partial charge in [0.15, 0.2) is 11.5 Å². The predicted octanol–water partition coefficient (Wildman–Crippen LogP) is 2.79. The minimum atomic E-state index is -0.137. The summed E-state index contributed by atoms with van der Waals surface area (Å²) in [5.41, 5.74) is 2.09. The molecule has 2 unspecified atom stereocenters. The summed E-state index contributed by atoms with van der Waals surface area (Å²) in [4.78, 5) is 4.69. The summed E-state index contributed by atoms with van der Waals surface area (Å²) in [6.07, 6.45) is 3.06. The van der Waals surface area contributed by atoms with Gasteiger partial charge in [-0.15, -0.1) is 11.3 Å². The van der Waals surface area contributed by atoms with Crippen molar-refractivity contribution in [1.29, 1.82) is 0 Å². The molecule has 5 nitrogen and oxygen atoms in total. The Kier molecular flexibility index (Phi) is 4.20. The van der Waals surface area contributed by atoms with Crippen molar-refractivity contribution < 1.29 is 14.6 Å². The Hall–Kier alpha value is -1.63. The van der Waals surface area contributed by atoms with Crippen LogP contribution in [0.25, 0.3) is 10.6 Å². The lowest BCUT2D eigenvalue weighted by atomic mass is 10.1. The van der Waals surface area contributed by atoms with E-state index in [1.165, 1.54) is 0 Å². The maximum atomic E-state index is 9.84. The number of nitrogens with one attached hydrogen (secondary N) is 1. The van der Waals surface area contributed by atoms with Crippen molar-refractivity contribution in [3.63, 3.8) is 0 Å². The normalized spacial score (nSPS) is 22.7. The van der Waals surface area contributed by atoms with Crippen molar-refractivity contribution in [2.75, 3.05) is 13.3 Å². The molecule has 0 spiro atoms. The summed E-state index contributed by atoms with van der Waals surface area (Å²) in [6, 6.07) is 5.92. The largest absolute Gasteiger partial charge is 0.454 e. The number of rotatable bonds is 5. The predicted molar refractivity (Wildman–Crippen MR) is 88.7 cm³/mol. The third-order valence-electron chi connectivity index (χ3n) is 4.50. The maximum Gasteiger partial charge on any atom is 0.231 e. The van der Waals surface area contributed by atoms with Gasteiger partial charge in [-0.2, -0.15) is 0 Å². The number of benzene rings is 1. The fourth-order valence-corrected chi connectivity index (χ4v) is 4.01. The molecule has 0 amide bonds. The van der Waals surface area contributed by atoms with E-state index in [2.05, 4.69) is 15.7 Å². The quantitative estimate of drug-likeness (QED) is 0.881. The van der Waals surface area contributed by atoms with Gasteiger partial charge >= 0.3 is 0 Å². The molecular formula is C17H20N2O3S. The van der Waals surface area contributed by atoms with Crippen molar-refractivity contribution in [1.82, 2.24) is 10.3 Å². The number of fused-ring (bicyclic) bond motifs is 1. The second-order valence-electron chi connectivity index (χ2n) is 6.10. The Labute approximate surface area is 139 Å². The van der Waals surface area contributed by atoms with E-state index in [1.807, 2.05) is 18.2 Å². The highest BCUT2D eigenvalue weighted by Crippen LogP contribution is 2.36. The fraction of sp³-hybridized carbons (Fsp3) is 0.471. The SMILES string of the molecule is OC1CCCC1CNCc1csc(-c2ccc3c(c2)OCO3)n1. The third-order valence-corrected chi connectivity index (χ3v) is 5.44. The lowest BCUT2D eigenvalue weighted by molar-refractivity contribution is 0.131. The van der Waals surface area contributed by atoms with Gasteiger partial charge in [0.05, 0.1) is 11.8 Å². The van der Waals surface area contributed by atoms with Crippen molar-refractivity contribution >= 4 is 11.3 Å². The second-order valence-corrected chi connectivity index (χ2v) is 6.96. The molecule has 2 atom stereocenters. The van der Waals surface area contributed by atoms with Gasteiger partial charge in [-0.25, -0.2) is 4.98 Å². The summed E-state index contributed by atoms with van der Waals surface area (Å²) >= 11 is 1.63. The van der Waals surface area contributed by atoms with Gasteiger partial charge in [0.1, 0.15) is 5.01 Å². The van der Waals surface area contributed by atoms with Crippen LogP contribution in [0.1, 0.15) is 25.0 Å². The Balaban J connectivity index is 1.37. The topological polar surface area (TPSA) is 63.6 Å². The number of aliphatic hydroxyl groups excluding tert-OH is 1. The van der Waals surface area contributed by atoms with Crippen molar-refractivity contribution in [2.24, 2.45) is 5.92 Å². The van der Waals surface area contributed by atoms with E-state index in [-0.39, 0.29) is 6.10 Å². The highest BCUT2D eigenvalue weighted by atomic mass is 32.1. The van der Waals surface area contributed by atoms with Gasteiger partial charge in [-0.3, -0.25) is 0 Å². The molecule has 1 aliphatic carbocycles. The summed E-state index contributed by atoms with van der Waals surface area (Å²) in [5.74, 6) is 1.97. The van der Waals surface area contributed by atoms with Crippen LogP contribution < -0.4 is 14.8 Å². The van der Waals surface area contributed by atoms with E-state index in [0.29, 0.717) is 12.7 Å². The van der Waals surface area contributed by atoms with Crippen LogP contribution in [0, 0.1) is 5.92 Å². The molecule has 1 fully saturated rings. The lowest BCUT2D eigenvalue weighted by Gasteiger charge is -2.14. The number of nitrogens with zero attached hydrogens (tertiary/aromatic N) is 1. The molecule has 0 radical (unpaired) electrons. The zero-order valence-electron chi connectivity index (χ0n) is 12.8. The Bertz CT molecular complexity index is 688. The minimum absolute atomic E-state index is 0.137. The average Bonchev–Trinajstić information content (AvgIpc) is 3.28. The molecule has 1 aromatic carbocycles. The van der Waals surface area contributed by atoms with Crippen molar-refractivity contribution in [3.05, 3.63) is 29.3 Å². The smallest absolute Gasteiger partial charge is 0.231 e. The molecule has 2 heterocycles. The van der Waals surface area contributed by atoms with Gasteiger partial charge in [0, 0.05) is 24.0 Å². The first kappa shape index (κ1) is 14.9. The molecule has 23 heavy (non-hydrogen) atoms. The molecule has 122 valence electrons. The number of aromatic nitrogens is 1. The van der Waals surface area contributed by atoms with E-state index in [0.717, 1.165) is 60.1 Å². The summed E-state index contributed by atoms with van der Waals surface area (Å²) in [6.45, 7) is 1.89. The van der Waals surface area contributed by atoms with Crippen molar-refractivity contribution in [3.8, 4) is 22.1 Å². The molecule has 4 rings (SSSR count). The number of hydrogen-bond acceptors (Lipinski definition) is 6. The van der Waals surface area contributed by atoms with Crippen LogP contribution in [-0.4, -0.2) is 29.5 Å². The third kappa shape index (κ3) is 3.20. The molecule has 2 aromatic rings. The number of ether oxygens (including phenoxy) is 2.